The van der Waals surface area contributed by atoms with Crippen molar-refractivity contribution in [1.29, 1.82) is 0 Å². The molecular formula is C12H18N2O. The van der Waals surface area contributed by atoms with Gasteiger partial charge in [-0.3, -0.25) is 0 Å². The van der Waals surface area contributed by atoms with Gasteiger partial charge in [-0.1, -0.05) is 12.1 Å². The number of nitrogens with one attached hydrogen (secondary N) is 2. The highest BCUT2D eigenvalue weighted by molar-refractivity contribution is 5.44. The summed E-state index contributed by atoms with van der Waals surface area (Å²) in [6.07, 6.45) is 2.55. The van der Waals surface area contributed by atoms with Crippen molar-refractivity contribution >= 4 is 5.69 Å². The van der Waals surface area contributed by atoms with Crippen LogP contribution in [0.3, 0.4) is 0 Å². The Kier molecular flexibility index (Phi) is 3.59. The second-order valence-electron chi connectivity index (χ2n) is 4.03. The fourth-order valence-electron chi connectivity index (χ4n) is 1.90. The third kappa shape index (κ3) is 2.94. The molecule has 0 amide bonds. The van der Waals surface area contributed by atoms with Crippen molar-refractivity contribution in [2.24, 2.45) is 0 Å². The summed E-state index contributed by atoms with van der Waals surface area (Å²) in [6.45, 7) is 2.25. The Morgan fingerprint density at radius 2 is 2.13 bits per heavy atom. The van der Waals surface area contributed by atoms with E-state index in [1.165, 1.54) is 12.8 Å². The Morgan fingerprint density at radius 3 is 2.73 bits per heavy atom. The summed E-state index contributed by atoms with van der Waals surface area (Å²) in [5, 5.41) is 15.7. The third-order valence-corrected chi connectivity index (χ3v) is 2.85. The van der Waals surface area contributed by atoms with Crippen molar-refractivity contribution in [3.63, 3.8) is 0 Å². The quantitative estimate of drug-likeness (QED) is 0.696. The van der Waals surface area contributed by atoms with Gasteiger partial charge < -0.3 is 15.7 Å². The molecule has 1 aromatic rings. The van der Waals surface area contributed by atoms with Crippen LogP contribution >= 0.6 is 0 Å². The Labute approximate surface area is 90.5 Å². The van der Waals surface area contributed by atoms with Crippen LogP contribution in [0.1, 0.15) is 18.4 Å². The molecule has 0 saturated carbocycles. The summed E-state index contributed by atoms with van der Waals surface area (Å²) in [6, 6.07) is 8.54. The molecule has 1 aromatic carbocycles. The summed E-state index contributed by atoms with van der Waals surface area (Å²) in [4.78, 5) is 0. The van der Waals surface area contributed by atoms with Gasteiger partial charge in [-0.25, -0.2) is 0 Å². The normalized spacial score (nSPS) is 20.5. The van der Waals surface area contributed by atoms with Gasteiger partial charge in [0.15, 0.2) is 0 Å². The molecule has 82 valence electrons. The first kappa shape index (κ1) is 10.5. The monoisotopic (exact) mass is 206 g/mol. The van der Waals surface area contributed by atoms with Gasteiger partial charge in [0.1, 0.15) is 0 Å². The Balaban J connectivity index is 1.82. The fourth-order valence-corrected chi connectivity index (χ4v) is 1.90. The molecule has 1 aliphatic rings. The molecule has 1 unspecified atom stereocenters. The summed E-state index contributed by atoms with van der Waals surface area (Å²) in [7, 11) is 0. The van der Waals surface area contributed by atoms with Crippen LogP contribution in [0.25, 0.3) is 0 Å². The van der Waals surface area contributed by atoms with Crippen LogP contribution in [0.2, 0.25) is 0 Å². The molecule has 3 heteroatoms. The Morgan fingerprint density at radius 1 is 1.33 bits per heavy atom. The molecule has 0 spiro atoms. The van der Waals surface area contributed by atoms with Gasteiger partial charge in [0, 0.05) is 18.3 Å². The molecular weight excluding hydrogens is 188 g/mol. The minimum absolute atomic E-state index is 0.116. The second-order valence-corrected chi connectivity index (χ2v) is 4.03. The SMILES string of the molecule is OCc1ccc(NCC2CCCN2)cc1. The van der Waals surface area contributed by atoms with Crippen LogP contribution in [0.15, 0.2) is 24.3 Å². The van der Waals surface area contributed by atoms with E-state index in [2.05, 4.69) is 10.6 Å². The van der Waals surface area contributed by atoms with E-state index in [0.717, 1.165) is 24.3 Å². The van der Waals surface area contributed by atoms with E-state index in [4.69, 9.17) is 5.11 Å². The van der Waals surface area contributed by atoms with Crippen LogP contribution in [0.4, 0.5) is 5.69 Å². The molecule has 1 atom stereocenters. The molecule has 0 bridgehead atoms. The standard InChI is InChI=1S/C12H18N2O/c15-9-10-3-5-11(6-4-10)14-8-12-2-1-7-13-12/h3-6,12-15H,1-2,7-9H2. The van der Waals surface area contributed by atoms with Crippen LogP contribution in [0, 0.1) is 0 Å². The van der Waals surface area contributed by atoms with Crippen molar-refractivity contribution in [2.75, 3.05) is 18.4 Å². The molecule has 0 radical (unpaired) electrons. The summed E-state index contributed by atoms with van der Waals surface area (Å²) in [5.74, 6) is 0. The lowest BCUT2D eigenvalue weighted by molar-refractivity contribution is 0.282. The van der Waals surface area contributed by atoms with E-state index in [0.29, 0.717) is 6.04 Å². The number of aliphatic hydroxyl groups is 1. The minimum atomic E-state index is 0.116. The second kappa shape index (κ2) is 5.14. The predicted octanol–water partition coefficient (Wildman–Crippen LogP) is 1.34. The van der Waals surface area contributed by atoms with E-state index in [-0.39, 0.29) is 6.61 Å². The first-order valence-electron chi connectivity index (χ1n) is 5.55. The van der Waals surface area contributed by atoms with E-state index >= 15 is 0 Å². The number of hydrogen-bond acceptors (Lipinski definition) is 3. The zero-order chi connectivity index (χ0) is 10.5. The lowest BCUT2D eigenvalue weighted by Crippen LogP contribution is -2.29. The largest absolute Gasteiger partial charge is 0.392 e. The molecule has 1 fully saturated rings. The van der Waals surface area contributed by atoms with E-state index in [1.807, 2.05) is 24.3 Å². The predicted molar refractivity (Wildman–Crippen MR) is 61.9 cm³/mol. The molecule has 3 N–H and O–H groups in total. The molecule has 0 aliphatic carbocycles. The fraction of sp³-hybridized carbons (Fsp3) is 0.500. The number of rotatable bonds is 4. The molecule has 3 nitrogen and oxygen atoms in total. The minimum Gasteiger partial charge on any atom is -0.392 e. The number of benzene rings is 1. The van der Waals surface area contributed by atoms with E-state index in [9.17, 15) is 0 Å². The average Bonchev–Trinajstić information content (AvgIpc) is 2.80. The van der Waals surface area contributed by atoms with Gasteiger partial charge >= 0.3 is 0 Å². The molecule has 0 aromatic heterocycles. The highest BCUT2D eigenvalue weighted by atomic mass is 16.3. The van der Waals surface area contributed by atoms with Crippen LogP contribution in [-0.4, -0.2) is 24.2 Å². The highest BCUT2D eigenvalue weighted by Crippen LogP contribution is 2.11. The van der Waals surface area contributed by atoms with Crippen molar-refractivity contribution in [1.82, 2.24) is 5.32 Å². The van der Waals surface area contributed by atoms with Gasteiger partial charge in [-0.2, -0.15) is 0 Å². The van der Waals surface area contributed by atoms with E-state index < -0.39 is 0 Å². The smallest absolute Gasteiger partial charge is 0.0681 e. The number of hydrogen-bond donors (Lipinski definition) is 3. The average molecular weight is 206 g/mol. The van der Waals surface area contributed by atoms with Gasteiger partial charge in [-0.05, 0) is 37.1 Å². The number of anilines is 1. The van der Waals surface area contributed by atoms with Gasteiger partial charge in [0.05, 0.1) is 6.61 Å². The topological polar surface area (TPSA) is 44.3 Å². The maximum atomic E-state index is 8.90. The highest BCUT2D eigenvalue weighted by Gasteiger charge is 2.12. The maximum Gasteiger partial charge on any atom is 0.0681 e. The van der Waals surface area contributed by atoms with Crippen molar-refractivity contribution in [3.8, 4) is 0 Å². The lowest BCUT2D eigenvalue weighted by Gasteiger charge is -2.12. The van der Waals surface area contributed by atoms with Gasteiger partial charge in [-0.15, -0.1) is 0 Å². The van der Waals surface area contributed by atoms with Crippen LogP contribution < -0.4 is 10.6 Å². The molecule has 1 saturated heterocycles. The number of aliphatic hydroxyl groups excluding tert-OH is 1. The van der Waals surface area contributed by atoms with Crippen LogP contribution in [0.5, 0.6) is 0 Å². The third-order valence-electron chi connectivity index (χ3n) is 2.85. The maximum absolute atomic E-state index is 8.90. The summed E-state index contributed by atoms with van der Waals surface area (Å²) < 4.78 is 0. The summed E-state index contributed by atoms with van der Waals surface area (Å²) >= 11 is 0. The first-order chi connectivity index (χ1) is 7.38. The lowest BCUT2D eigenvalue weighted by atomic mass is 10.2. The van der Waals surface area contributed by atoms with Crippen molar-refractivity contribution in [3.05, 3.63) is 29.8 Å². The Hall–Kier alpha value is -1.06. The van der Waals surface area contributed by atoms with Crippen LogP contribution in [-0.2, 0) is 6.61 Å². The molecule has 1 aliphatic heterocycles. The van der Waals surface area contributed by atoms with Gasteiger partial charge in [0.2, 0.25) is 0 Å². The zero-order valence-corrected chi connectivity index (χ0v) is 8.87. The zero-order valence-electron chi connectivity index (χ0n) is 8.87. The van der Waals surface area contributed by atoms with Crippen molar-refractivity contribution < 1.29 is 5.11 Å². The van der Waals surface area contributed by atoms with Gasteiger partial charge in [0.25, 0.3) is 0 Å². The van der Waals surface area contributed by atoms with E-state index in [1.54, 1.807) is 0 Å². The summed E-state index contributed by atoms with van der Waals surface area (Å²) in [5.41, 5.74) is 2.08. The Bertz CT molecular complexity index is 291. The molecule has 2 rings (SSSR count). The molecule has 1 heterocycles. The van der Waals surface area contributed by atoms with Crippen molar-refractivity contribution in [2.45, 2.75) is 25.5 Å². The molecule has 15 heavy (non-hydrogen) atoms. The first-order valence-corrected chi connectivity index (χ1v) is 5.55.